The van der Waals surface area contributed by atoms with Crippen LogP contribution >= 0.6 is 0 Å². The van der Waals surface area contributed by atoms with E-state index < -0.39 is 0 Å². The molecule has 0 aromatic rings. The minimum absolute atomic E-state index is 0.171. The third kappa shape index (κ3) is 7.97. The van der Waals surface area contributed by atoms with Gasteiger partial charge in [-0.25, -0.2) is 0 Å². The van der Waals surface area contributed by atoms with Crippen LogP contribution < -0.4 is 0 Å². The highest BCUT2D eigenvalue weighted by molar-refractivity contribution is 5.69. The fourth-order valence-corrected chi connectivity index (χ4v) is 1.31. The highest BCUT2D eigenvalue weighted by Gasteiger charge is 2.08. The Balaban J connectivity index is 3.45. The summed E-state index contributed by atoms with van der Waals surface area (Å²) in [5.74, 6) is 0.0961. The Morgan fingerprint density at radius 3 is 2.07 bits per heavy atom. The van der Waals surface area contributed by atoms with Gasteiger partial charge in [0.2, 0.25) is 0 Å². The van der Waals surface area contributed by atoms with Gasteiger partial charge in [-0.05, 0) is 18.8 Å². The summed E-state index contributed by atoms with van der Waals surface area (Å²) < 4.78 is 9.08. The van der Waals surface area contributed by atoms with E-state index in [1.54, 1.807) is 0 Å². The van der Waals surface area contributed by atoms with Gasteiger partial charge in [-0.2, -0.15) is 0 Å². The van der Waals surface area contributed by atoms with Crippen LogP contribution in [0.2, 0.25) is 0 Å². The summed E-state index contributed by atoms with van der Waals surface area (Å²) in [6.45, 7) is 2.07. The van der Waals surface area contributed by atoms with E-state index in [0.717, 1.165) is 19.3 Å². The van der Waals surface area contributed by atoms with Gasteiger partial charge in [0.1, 0.15) is 0 Å². The largest absolute Gasteiger partial charge is 0.469 e. The Morgan fingerprint density at radius 1 is 1.00 bits per heavy atom. The number of rotatable bonds is 7. The van der Waals surface area contributed by atoms with Crippen molar-refractivity contribution in [1.29, 1.82) is 0 Å². The maximum atomic E-state index is 10.8. The molecule has 15 heavy (non-hydrogen) atoms. The molecule has 0 saturated carbocycles. The van der Waals surface area contributed by atoms with Crippen LogP contribution in [0.3, 0.4) is 0 Å². The fourth-order valence-electron chi connectivity index (χ4n) is 1.31. The molecular formula is C11H20O4. The second kappa shape index (κ2) is 8.26. The SMILES string of the molecule is COC(=O)CCCC(C)CCC(=O)OC. The molecule has 0 aliphatic carbocycles. The van der Waals surface area contributed by atoms with E-state index in [1.807, 2.05) is 0 Å². The Labute approximate surface area is 90.9 Å². The molecule has 1 unspecified atom stereocenters. The molecule has 0 aromatic carbocycles. The molecule has 0 heterocycles. The summed E-state index contributed by atoms with van der Waals surface area (Å²) in [7, 11) is 2.78. The molecule has 1 atom stereocenters. The number of hydrogen-bond donors (Lipinski definition) is 0. The Morgan fingerprint density at radius 2 is 1.53 bits per heavy atom. The second-order valence-corrected chi connectivity index (χ2v) is 3.69. The van der Waals surface area contributed by atoms with Crippen LogP contribution in [0.15, 0.2) is 0 Å². The number of methoxy groups -OCH3 is 2. The smallest absolute Gasteiger partial charge is 0.305 e. The van der Waals surface area contributed by atoms with E-state index in [9.17, 15) is 9.59 Å². The number of esters is 2. The fraction of sp³-hybridized carbons (Fsp3) is 0.818. The van der Waals surface area contributed by atoms with Crippen molar-refractivity contribution in [2.75, 3.05) is 14.2 Å². The molecule has 0 bridgehead atoms. The first kappa shape index (κ1) is 13.9. The van der Waals surface area contributed by atoms with Crippen LogP contribution in [0.1, 0.15) is 39.0 Å². The molecule has 0 fully saturated rings. The van der Waals surface area contributed by atoms with E-state index >= 15 is 0 Å². The molecule has 0 rings (SSSR count). The van der Waals surface area contributed by atoms with Crippen LogP contribution in [-0.4, -0.2) is 26.2 Å². The highest BCUT2D eigenvalue weighted by Crippen LogP contribution is 2.14. The molecule has 4 heteroatoms. The quantitative estimate of drug-likeness (QED) is 0.610. The lowest BCUT2D eigenvalue weighted by atomic mass is 9.99. The van der Waals surface area contributed by atoms with E-state index in [1.165, 1.54) is 14.2 Å². The van der Waals surface area contributed by atoms with Gasteiger partial charge in [-0.1, -0.05) is 13.3 Å². The molecule has 0 N–H and O–H groups in total. The Bertz CT molecular complexity index is 201. The van der Waals surface area contributed by atoms with E-state index in [-0.39, 0.29) is 11.9 Å². The van der Waals surface area contributed by atoms with Gasteiger partial charge in [0.15, 0.2) is 0 Å². The molecule has 0 spiro atoms. The van der Waals surface area contributed by atoms with Crippen LogP contribution in [0.5, 0.6) is 0 Å². The van der Waals surface area contributed by atoms with Crippen molar-refractivity contribution in [3.63, 3.8) is 0 Å². The van der Waals surface area contributed by atoms with Crippen molar-refractivity contribution in [2.45, 2.75) is 39.0 Å². The predicted octanol–water partition coefficient (Wildman–Crippen LogP) is 1.92. The van der Waals surface area contributed by atoms with E-state index in [0.29, 0.717) is 18.8 Å². The maximum absolute atomic E-state index is 10.8. The van der Waals surface area contributed by atoms with Crippen molar-refractivity contribution in [3.8, 4) is 0 Å². The van der Waals surface area contributed by atoms with Crippen LogP contribution in [0.25, 0.3) is 0 Å². The second-order valence-electron chi connectivity index (χ2n) is 3.69. The van der Waals surface area contributed by atoms with Gasteiger partial charge in [0.25, 0.3) is 0 Å². The first-order valence-electron chi connectivity index (χ1n) is 5.23. The van der Waals surface area contributed by atoms with Crippen LogP contribution in [0, 0.1) is 5.92 Å². The summed E-state index contributed by atoms with van der Waals surface area (Å²) in [5, 5.41) is 0. The first-order chi connectivity index (χ1) is 7.10. The van der Waals surface area contributed by atoms with Gasteiger partial charge < -0.3 is 9.47 Å². The van der Waals surface area contributed by atoms with Gasteiger partial charge >= 0.3 is 11.9 Å². The number of ether oxygens (including phenoxy) is 2. The molecule has 0 saturated heterocycles. The monoisotopic (exact) mass is 216 g/mol. The highest BCUT2D eigenvalue weighted by atomic mass is 16.5. The third-order valence-electron chi connectivity index (χ3n) is 2.37. The standard InChI is InChI=1S/C11H20O4/c1-9(7-8-11(13)15-3)5-4-6-10(12)14-2/h9H,4-8H2,1-3H3. The summed E-state index contributed by atoms with van der Waals surface area (Å²) in [4.78, 5) is 21.7. The van der Waals surface area contributed by atoms with E-state index in [2.05, 4.69) is 16.4 Å². The molecule has 88 valence electrons. The minimum atomic E-state index is -0.171. The number of carbonyl (C=O) groups is 2. The average Bonchev–Trinajstić information content (AvgIpc) is 2.25. The number of carbonyl (C=O) groups excluding carboxylic acids is 2. The molecule has 0 aromatic heterocycles. The molecule has 0 aliphatic rings. The van der Waals surface area contributed by atoms with Crippen molar-refractivity contribution < 1.29 is 19.1 Å². The van der Waals surface area contributed by atoms with Crippen molar-refractivity contribution in [3.05, 3.63) is 0 Å². The molecule has 4 nitrogen and oxygen atoms in total. The predicted molar refractivity (Wildman–Crippen MR) is 56.3 cm³/mol. The Hall–Kier alpha value is -1.06. The van der Waals surface area contributed by atoms with Crippen LogP contribution in [-0.2, 0) is 19.1 Å². The minimum Gasteiger partial charge on any atom is -0.469 e. The van der Waals surface area contributed by atoms with E-state index in [4.69, 9.17) is 0 Å². The summed E-state index contributed by atoms with van der Waals surface area (Å²) in [5.41, 5.74) is 0. The molecule has 0 radical (unpaired) electrons. The van der Waals surface area contributed by atoms with Gasteiger partial charge in [0, 0.05) is 12.8 Å². The lowest BCUT2D eigenvalue weighted by Crippen LogP contribution is -2.05. The third-order valence-corrected chi connectivity index (χ3v) is 2.37. The van der Waals surface area contributed by atoms with Crippen LogP contribution in [0.4, 0.5) is 0 Å². The average molecular weight is 216 g/mol. The van der Waals surface area contributed by atoms with Gasteiger partial charge in [-0.15, -0.1) is 0 Å². The number of hydrogen-bond acceptors (Lipinski definition) is 4. The first-order valence-corrected chi connectivity index (χ1v) is 5.23. The van der Waals surface area contributed by atoms with Crippen molar-refractivity contribution >= 4 is 11.9 Å². The topological polar surface area (TPSA) is 52.6 Å². The normalized spacial score (nSPS) is 11.9. The summed E-state index contributed by atoms with van der Waals surface area (Å²) in [6.07, 6.45) is 3.48. The summed E-state index contributed by atoms with van der Waals surface area (Å²) in [6, 6.07) is 0. The lowest BCUT2D eigenvalue weighted by molar-refractivity contribution is -0.142. The zero-order valence-electron chi connectivity index (χ0n) is 9.75. The Kier molecular flexibility index (Phi) is 7.68. The van der Waals surface area contributed by atoms with Crippen molar-refractivity contribution in [2.24, 2.45) is 5.92 Å². The molecule has 0 amide bonds. The van der Waals surface area contributed by atoms with Gasteiger partial charge in [0.05, 0.1) is 14.2 Å². The molecule has 0 aliphatic heterocycles. The lowest BCUT2D eigenvalue weighted by Gasteiger charge is -2.09. The van der Waals surface area contributed by atoms with Gasteiger partial charge in [-0.3, -0.25) is 9.59 Å². The zero-order valence-corrected chi connectivity index (χ0v) is 9.75. The molecular weight excluding hydrogens is 196 g/mol. The van der Waals surface area contributed by atoms with Crippen molar-refractivity contribution in [1.82, 2.24) is 0 Å². The summed E-state index contributed by atoms with van der Waals surface area (Å²) >= 11 is 0. The maximum Gasteiger partial charge on any atom is 0.305 e. The zero-order chi connectivity index (χ0) is 11.7.